The fourth-order valence-electron chi connectivity index (χ4n) is 3.55. The number of rotatable bonds is 4. The first-order valence-electron chi connectivity index (χ1n) is 9.72. The van der Waals surface area contributed by atoms with Gasteiger partial charge in [-0.3, -0.25) is 4.79 Å². The maximum atomic E-state index is 12.9. The molecular weight excluding hydrogens is 416 g/mol. The SMILES string of the molecule is CN(C)C(=O)c1cc(-c2ccc3c(c2)OCO3)nc2c1cnn2Cc1ccc(Cl)cc1. The number of ether oxygens (including phenoxy) is 2. The molecule has 8 heteroatoms. The van der Waals surface area contributed by atoms with Crippen LogP contribution in [0.1, 0.15) is 15.9 Å². The minimum absolute atomic E-state index is 0.111. The van der Waals surface area contributed by atoms with Crippen molar-refractivity contribution in [1.29, 1.82) is 0 Å². The molecule has 2 aromatic carbocycles. The molecule has 1 amide bonds. The molecule has 7 nitrogen and oxygen atoms in total. The van der Waals surface area contributed by atoms with Crippen molar-refractivity contribution < 1.29 is 14.3 Å². The highest BCUT2D eigenvalue weighted by atomic mass is 35.5. The maximum absolute atomic E-state index is 12.9. The lowest BCUT2D eigenvalue weighted by molar-refractivity contribution is 0.0829. The van der Waals surface area contributed by atoms with Gasteiger partial charge in [0.15, 0.2) is 17.1 Å². The number of fused-ring (bicyclic) bond motifs is 2. The number of nitrogens with zero attached hydrogens (tertiary/aromatic N) is 4. The second-order valence-corrected chi connectivity index (χ2v) is 7.93. The molecule has 0 fully saturated rings. The molecule has 1 aliphatic heterocycles. The number of pyridine rings is 1. The summed E-state index contributed by atoms with van der Waals surface area (Å²) in [5.74, 6) is 1.25. The topological polar surface area (TPSA) is 69.5 Å². The van der Waals surface area contributed by atoms with Crippen molar-refractivity contribution in [3.05, 3.63) is 70.9 Å². The third-order valence-electron chi connectivity index (χ3n) is 5.16. The van der Waals surface area contributed by atoms with E-state index in [1.54, 1.807) is 35.9 Å². The first kappa shape index (κ1) is 19.4. The number of hydrogen-bond acceptors (Lipinski definition) is 5. The van der Waals surface area contributed by atoms with Gasteiger partial charge in [-0.2, -0.15) is 5.10 Å². The molecule has 2 aromatic heterocycles. The van der Waals surface area contributed by atoms with Gasteiger partial charge in [-0.15, -0.1) is 0 Å². The van der Waals surface area contributed by atoms with Crippen LogP contribution in [0.25, 0.3) is 22.3 Å². The van der Waals surface area contributed by atoms with E-state index in [1.165, 1.54) is 0 Å². The molecule has 0 unspecified atom stereocenters. The van der Waals surface area contributed by atoms with Gasteiger partial charge in [0.1, 0.15) is 0 Å². The van der Waals surface area contributed by atoms with E-state index in [-0.39, 0.29) is 12.7 Å². The number of carbonyl (C=O) groups is 1. The minimum Gasteiger partial charge on any atom is -0.454 e. The second-order valence-electron chi connectivity index (χ2n) is 7.49. The largest absolute Gasteiger partial charge is 0.454 e. The first-order valence-corrected chi connectivity index (χ1v) is 10.1. The highest BCUT2D eigenvalue weighted by Crippen LogP contribution is 2.36. The van der Waals surface area contributed by atoms with E-state index >= 15 is 0 Å². The number of hydrogen-bond donors (Lipinski definition) is 0. The van der Waals surface area contributed by atoms with E-state index in [0.29, 0.717) is 45.4 Å². The van der Waals surface area contributed by atoms with Crippen LogP contribution in [0, 0.1) is 0 Å². The van der Waals surface area contributed by atoms with Gasteiger partial charge in [-0.25, -0.2) is 9.67 Å². The summed E-state index contributed by atoms with van der Waals surface area (Å²) >= 11 is 6.01. The maximum Gasteiger partial charge on any atom is 0.254 e. The lowest BCUT2D eigenvalue weighted by Crippen LogP contribution is -2.22. The van der Waals surface area contributed by atoms with E-state index < -0.39 is 0 Å². The first-order chi connectivity index (χ1) is 15.0. The molecule has 0 atom stereocenters. The summed E-state index contributed by atoms with van der Waals surface area (Å²) in [6.45, 7) is 0.706. The van der Waals surface area contributed by atoms with E-state index in [0.717, 1.165) is 11.1 Å². The van der Waals surface area contributed by atoms with Crippen LogP contribution in [0.4, 0.5) is 0 Å². The Labute approximate surface area is 183 Å². The third-order valence-corrected chi connectivity index (χ3v) is 5.41. The van der Waals surface area contributed by atoms with Crippen LogP contribution in [-0.2, 0) is 6.54 Å². The summed E-state index contributed by atoms with van der Waals surface area (Å²) in [7, 11) is 3.46. The molecule has 31 heavy (non-hydrogen) atoms. The van der Waals surface area contributed by atoms with Crippen molar-refractivity contribution in [2.24, 2.45) is 0 Å². The normalized spacial score (nSPS) is 12.4. The average molecular weight is 435 g/mol. The number of carbonyl (C=O) groups excluding carboxylic acids is 1. The molecule has 5 rings (SSSR count). The summed E-state index contributed by atoms with van der Waals surface area (Å²) in [6, 6.07) is 15.0. The van der Waals surface area contributed by atoms with Crippen LogP contribution in [0.5, 0.6) is 11.5 Å². The summed E-state index contributed by atoms with van der Waals surface area (Å²) in [5.41, 5.74) is 3.71. The van der Waals surface area contributed by atoms with Crippen molar-refractivity contribution in [2.75, 3.05) is 20.9 Å². The van der Waals surface area contributed by atoms with Crippen LogP contribution < -0.4 is 9.47 Å². The predicted molar refractivity (Wildman–Crippen MR) is 118 cm³/mol. The van der Waals surface area contributed by atoms with Gasteiger partial charge in [0, 0.05) is 24.7 Å². The minimum atomic E-state index is -0.111. The lowest BCUT2D eigenvalue weighted by atomic mass is 10.1. The van der Waals surface area contributed by atoms with Crippen molar-refractivity contribution in [1.82, 2.24) is 19.7 Å². The molecule has 0 bridgehead atoms. The van der Waals surface area contributed by atoms with Crippen LogP contribution in [0.2, 0.25) is 5.02 Å². The fourth-order valence-corrected chi connectivity index (χ4v) is 3.67. The van der Waals surface area contributed by atoms with E-state index in [4.69, 9.17) is 26.1 Å². The fraction of sp³-hybridized carbons (Fsp3) is 0.174. The quantitative estimate of drug-likeness (QED) is 0.480. The van der Waals surface area contributed by atoms with Crippen molar-refractivity contribution >= 4 is 28.5 Å². The summed E-state index contributed by atoms with van der Waals surface area (Å²) < 4.78 is 12.7. The summed E-state index contributed by atoms with van der Waals surface area (Å²) in [4.78, 5) is 19.3. The monoisotopic (exact) mass is 434 g/mol. The molecule has 3 heterocycles. The molecular formula is C23H19ClN4O3. The number of amides is 1. The van der Waals surface area contributed by atoms with Crippen molar-refractivity contribution in [3.8, 4) is 22.8 Å². The molecule has 1 aliphatic rings. The molecule has 0 aliphatic carbocycles. The molecule has 156 valence electrons. The molecule has 0 radical (unpaired) electrons. The van der Waals surface area contributed by atoms with Gasteiger partial charge < -0.3 is 14.4 Å². The van der Waals surface area contributed by atoms with Crippen LogP contribution in [0.15, 0.2) is 54.7 Å². The number of benzene rings is 2. The Kier molecular flexibility index (Phi) is 4.75. The van der Waals surface area contributed by atoms with Gasteiger partial charge >= 0.3 is 0 Å². The van der Waals surface area contributed by atoms with Gasteiger partial charge in [-0.1, -0.05) is 23.7 Å². The van der Waals surface area contributed by atoms with E-state index in [9.17, 15) is 4.79 Å². The highest BCUT2D eigenvalue weighted by molar-refractivity contribution is 6.30. The Morgan fingerprint density at radius 3 is 2.65 bits per heavy atom. The second kappa shape index (κ2) is 7.59. The predicted octanol–water partition coefficient (Wildman–Crippen LogP) is 4.23. The Morgan fingerprint density at radius 1 is 1.10 bits per heavy atom. The summed E-state index contributed by atoms with van der Waals surface area (Å²) in [5, 5.41) is 5.90. The Balaban J connectivity index is 1.65. The molecule has 0 spiro atoms. The standard InChI is InChI=1S/C23H19ClN4O3/c1-27(2)23(29)17-10-19(15-5-8-20-21(9-15)31-13-30-20)26-22-18(17)11-25-28(22)12-14-3-6-16(24)7-4-14/h3-11H,12-13H2,1-2H3. The van der Waals surface area contributed by atoms with Gasteiger partial charge in [-0.05, 0) is 42.0 Å². The van der Waals surface area contributed by atoms with E-state index in [2.05, 4.69) is 5.10 Å². The number of aromatic nitrogens is 3. The van der Waals surface area contributed by atoms with Crippen LogP contribution >= 0.6 is 11.6 Å². The van der Waals surface area contributed by atoms with Crippen LogP contribution in [-0.4, -0.2) is 46.5 Å². The van der Waals surface area contributed by atoms with E-state index in [1.807, 2.05) is 42.5 Å². The Hall–Kier alpha value is -3.58. The average Bonchev–Trinajstić information content (AvgIpc) is 3.40. The smallest absolute Gasteiger partial charge is 0.254 e. The van der Waals surface area contributed by atoms with Crippen LogP contribution in [0.3, 0.4) is 0 Å². The van der Waals surface area contributed by atoms with Gasteiger partial charge in [0.2, 0.25) is 6.79 Å². The zero-order valence-electron chi connectivity index (χ0n) is 17.0. The molecule has 0 N–H and O–H groups in total. The van der Waals surface area contributed by atoms with Crippen molar-refractivity contribution in [3.63, 3.8) is 0 Å². The highest BCUT2D eigenvalue weighted by Gasteiger charge is 2.20. The lowest BCUT2D eigenvalue weighted by Gasteiger charge is -2.13. The Morgan fingerprint density at radius 2 is 1.87 bits per heavy atom. The molecule has 0 saturated carbocycles. The third kappa shape index (κ3) is 3.57. The number of halogens is 1. The molecule has 4 aromatic rings. The zero-order chi connectivity index (χ0) is 21.5. The molecule has 0 saturated heterocycles. The summed E-state index contributed by atoms with van der Waals surface area (Å²) in [6.07, 6.45) is 1.69. The van der Waals surface area contributed by atoms with Crippen molar-refractivity contribution in [2.45, 2.75) is 6.54 Å². The zero-order valence-corrected chi connectivity index (χ0v) is 17.8. The van der Waals surface area contributed by atoms with Gasteiger partial charge in [0.25, 0.3) is 5.91 Å². The Bertz CT molecular complexity index is 1300. The van der Waals surface area contributed by atoms with Gasteiger partial charge in [0.05, 0.1) is 29.4 Å².